The lowest BCUT2D eigenvalue weighted by molar-refractivity contribution is -0.135. The van der Waals surface area contributed by atoms with E-state index in [-0.39, 0.29) is 12.5 Å². The molecule has 4 nitrogen and oxygen atoms in total. The summed E-state index contributed by atoms with van der Waals surface area (Å²) in [4.78, 5) is 14.1. The molecule has 0 saturated carbocycles. The molecule has 110 valence electrons. The second-order valence-corrected chi connectivity index (χ2v) is 5.53. The molecule has 1 heterocycles. The van der Waals surface area contributed by atoms with Crippen molar-refractivity contribution in [3.05, 3.63) is 29.3 Å². The number of hydrogen-bond acceptors (Lipinski definition) is 3. The summed E-state index contributed by atoms with van der Waals surface area (Å²) in [6.45, 7) is 2.64. The Labute approximate surface area is 125 Å². The van der Waals surface area contributed by atoms with Gasteiger partial charge in [0.25, 0.3) is 5.91 Å². The highest BCUT2D eigenvalue weighted by atomic mass is 35.5. The number of carbonyl (C=O) groups is 1. The van der Waals surface area contributed by atoms with Gasteiger partial charge in [0.05, 0.1) is 5.02 Å². The van der Waals surface area contributed by atoms with Crippen LogP contribution in [0.5, 0.6) is 5.75 Å². The van der Waals surface area contributed by atoms with Crippen LogP contribution in [0.3, 0.4) is 0 Å². The maximum absolute atomic E-state index is 12.2. The third-order valence-corrected chi connectivity index (χ3v) is 3.86. The fourth-order valence-corrected chi connectivity index (χ4v) is 2.73. The smallest absolute Gasteiger partial charge is 0.260 e. The van der Waals surface area contributed by atoms with Crippen molar-refractivity contribution in [3.63, 3.8) is 0 Å². The van der Waals surface area contributed by atoms with E-state index in [2.05, 4.69) is 5.32 Å². The predicted molar refractivity (Wildman–Crippen MR) is 80.2 cm³/mol. The van der Waals surface area contributed by atoms with E-state index in [0.29, 0.717) is 16.7 Å². The number of carbonyl (C=O) groups excluding carboxylic acids is 1. The van der Waals surface area contributed by atoms with Gasteiger partial charge in [-0.05, 0) is 44.5 Å². The molecule has 0 bridgehead atoms. The molecule has 0 spiro atoms. The van der Waals surface area contributed by atoms with Crippen LogP contribution in [0.25, 0.3) is 0 Å². The van der Waals surface area contributed by atoms with Crippen molar-refractivity contribution < 1.29 is 9.53 Å². The average molecular weight is 297 g/mol. The first-order valence-electron chi connectivity index (χ1n) is 7.00. The number of rotatable bonds is 5. The molecule has 1 saturated heterocycles. The molecule has 5 heteroatoms. The molecule has 1 atom stereocenters. The molecule has 1 unspecified atom stereocenters. The summed E-state index contributed by atoms with van der Waals surface area (Å²) >= 11 is 6.00. The van der Waals surface area contributed by atoms with E-state index in [1.165, 1.54) is 6.42 Å². The van der Waals surface area contributed by atoms with E-state index in [9.17, 15) is 4.79 Å². The van der Waals surface area contributed by atoms with Crippen LogP contribution < -0.4 is 10.1 Å². The van der Waals surface area contributed by atoms with E-state index in [0.717, 1.165) is 26.1 Å². The molecular formula is C15H21ClN2O2. The van der Waals surface area contributed by atoms with Crippen LogP contribution in [0.4, 0.5) is 0 Å². The minimum atomic E-state index is 0.0331. The number of nitrogens with one attached hydrogen (secondary N) is 1. The Morgan fingerprint density at radius 3 is 3.05 bits per heavy atom. The molecule has 1 aromatic rings. The molecule has 1 N–H and O–H groups in total. The first-order chi connectivity index (χ1) is 9.70. The molecule has 1 amide bonds. The van der Waals surface area contributed by atoms with Crippen LogP contribution >= 0.6 is 11.6 Å². The fourth-order valence-electron chi connectivity index (χ4n) is 2.54. The van der Waals surface area contributed by atoms with Crippen LogP contribution in [0.15, 0.2) is 24.3 Å². The first-order valence-corrected chi connectivity index (χ1v) is 7.38. The molecule has 1 aliphatic heterocycles. The van der Waals surface area contributed by atoms with Gasteiger partial charge in [0, 0.05) is 13.1 Å². The second-order valence-electron chi connectivity index (χ2n) is 5.12. The van der Waals surface area contributed by atoms with E-state index in [1.807, 2.05) is 24.1 Å². The van der Waals surface area contributed by atoms with E-state index < -0.39 is 0 Å². The van der Waals surface area contributed by atoms with Gasteiger partial charge in [-0.3, -0.25) is 4.79 Å². The van der Waals surface area contributed by atoms with Gasteiger partial charge in [0.1, 0.15) is 5.75 Å². The number of nitrogens with zero attached hydrogens (tertiary/aromatic N) is 1. The van der Waals surface area contributed by atoms with Crippen LogP contribution in [-0.4, -0.2) is 44.1 Å². The molecule has 1 aliphatic rings. The van der Waals surface area contributed by atoms with Crippen LogP contribution in [0, 0.1) is 5.92 Å². The summed E-state index contributed by atoms with van der Waals surface area (Å²) in [6.07, 6.45) is 2.24. The summed E-state index contributed by atoms with van der Waals surface area (Å²) < 4.78 is 5.51. The second kappa shape index (κ2) is 7.50. The highest BCUT2D eigenvalue weighted by molar-refractivity contribution is 6.32. The monoisotopic (exact) mass is 296 g/mol. The molecule has 2 rings (SSSR count). The Bertz CT molecular complexity index is 451. The van der Waals surface area contributed by atoms with Crippen molar-refractivity contribution in [2.45, 2.75) is 12.8 Å². The quantitative estimate of drug-likeness (QED) is 0.905. The number of likely N-dealkylation sites (tertiary alicyclic amines) is 1. The Morgan fingerprint density at radius 2 is 2.30 bits per heavy atom. The lowest BCUT2D eigenvalue weighted by atomic mass is 9.98. The van der Waals surface area contributed by atoms with E-state index >= 15 is 0 Å². The van der Waals surface area contributed by atoms with E-state index in [1.54, 1.807) is 12.1 Å². The highest BCUT2D eigenvalue weighted by Gasteiger charge is 2.23. The zero-order valence-corrected chi connectivity index (χ0v) is 12.5. The summed E-state index contributed by atoms with van der Waals surface area (Å²) in [5, 5.41) is 3.71. The summed E-state index contributed by atoms with van der Waals surface area (Å²) in [7, 11) is 1.95. The zero-order valence-electron chi connectivity index (χ0n) is 11.8. The largest absolute Gasteiger partial charge is 0.482 e. The van der Waals surface area contributed by atoms with Crippen LogP contribution in [-0.2, 0) is 4.79 Å². The van der Waals surface area contributed by atoms with Gasteiger partial charge in [0.15, 0.2) is 6.61 Å². The molecule has 0 aliphatic carbocycles. The molecule has 0 radical (unpaired) electrons. The van der Waals surface area contributed by atoms with Crippen LogP contribution in [0.1, 0.15) is 12.8 Å². The Hall–Kier alpha value is -1.26. The lowest BCUT2D eigenvalue weighted by Gasteiger charge is -2.32. The van der Waals surface area contributed by atoms with E-state index in [4.69, 9.17) is 16.3 Å². The van der Waals surface area contributed by atoms with Gasteiger partial charge >= 0.3 is 0 Å². The van der Waals surface area contributed by atoms with Crippen molar-refractivity contribution in [3.8, 4) is 5.75 Å². The fraction of sp³-hybridized carbons (Fsp3) is 0.533. The Kier molecular flexibility index (Phi) is 5.68. The maximum atomic E-state index is 12.2. The third kappa shape index (κ3) is 4.12. The minimum absolute atomic E-state index is 0.0331. The molecule has 0 aromatic heterocycles. The van der Waals surface area contributed by atoms with Crippen molar-refractivity contribution >= 4 is 17.5 Å². The highest BCUT2D eigenvalue weighted by Crippen LogP contribution is 2.23. The summed E-state index contributed by atoms with van der Waals surface area (Å²) in [6, 6.07) is 7.21. The topological polar surface area (TPSA) is 41.6 Å². The number of benzene rings is 1. The Balaban J connectivity index is 1.84. The molecule has 1 fully saturated rings. The molecule has 1 aromatic carbocycles. The summed E-state index contributed by atoms with van der Waals surface area (Å²) in [5.41, 5.74) is 0. The first kappa shape index (κ1) is 15.1. The number of halogens is 1. The van der Waals surface area contributed by atoms with Crippen molar-refractivity contribution in [2.24, 2.45) is 5.92 Å². The molecular weight excluding hydrogens is 276 g/mol. The molecule has 20 heavy (non-hydrogen) atoms. The van der Waals surface area contributed by atoms with Gasteiger partial charge in [-0.25, -0.2) is 0 Å². The maximum Gasteiger partial charge on any atom is 0.260 e. The third-order valence-electron chi connectivity index (χ3n) is 3.55. The number of ether oxygens (including phenoxy) is 1. The normalized spacial score (nSPS) is 18.9. The SMILES string of the molecule is CNCC1CCCN(C(=O)COc2ccccc2Cl)C1. The zero-order chi connectivity index (χ0) is 14.4. The number of amides is 1. The van der Waals surface area contributed by atoms with Crippen molar-refractivity contribution in [1.82, 2.24) is 10.2 Å². The lowest BCUT2D eigenvalue weighted by Crippen LogP contribution is -2.44. The van der Waals surface area contributed by atoms with Gasteiger partial charge in [-0.2, -0.15) is 0 Å². The Morgan fingerprint density at radius 1 is 1.50 bits per heavy atom. The average Bonchev–Trinajstić information content (AvgIpc) is 2.47. The minimum Gasteiger partial charge on any atom is -0.482 e. The number of piperidine rings is 1. The van der Waals surface area contributed by atoms with Gasteiger partial charge in [0.2, 0.25) is 0 Å². The van der Waals surface area contributed by atoms with Crippen LogP contribution in [0.2, 0.25) is 5.02 Å². The number of para-hydroxylation sites is 1. The standard InChI is InChI=1S/C15H21ClN2O2/c1-17-9-12-5-4-8-18(10-12)15(19)11-20-14-7-3-2-6-13(14)16/h2-3,6-7,12,17H,4-5,8-11H2,1H3. The van der Waals surface area contributed by atoms with Crippen molar-refractivity contribution in [2.75, 3.05) is 33.3 Å². The van der Waals surface area contributed by atoms with Gasteiger partial charge < -0.3 is 15.0 Å². The van der Waals surface area contributed by atoms with Gasteiger partial charge in [-0.1, -0.05) is 23.7 Å². The summed E-state index contributed by atoms with van der Waals surface area (Å²) in [5.74, 6) is 1.13. The van der Waals surface area contributed by atoms with Crippen molar-refractivity contribution in [1.29, 1.82) is 0 Å². The van der Waals surface area contributed by atoms with Gasteiger partial charge in [-0.15, -0.1) is 0 Å². The number of hydrogen-bond donors (Lipinski definition) is 1. The predicted octanol–water partition coefficient (Wildman–Crippen LogP) is 2.18.